The Hall–Kier alpha value is -6.21. The van der Waals surface area contributed by atoms with Gasteiger partial charge in [0.15, 0.2) is 17.5 Å². The maximum atomic E-state index is 5.01. The molecule has 0 radical (unpaired) electrons. The zero-order valence-corrected chi connectivity index (χ0v) is 28.7. The van der Waals surface area contributed by atoms with Crippen LogP contribution in [-0.4, -0.2) is 19.5 Å². The minimum absolute atomic E-state index is 0.667. The van der Waals surface area contributed by atoms with Crippen molar-refractivity contribution in [3.63, 3.8) is 0 Å². The Balaban J connectivity index is 1.15. The lowest BCUT2D eigenvalue weighted by Crippen LogP contribution is -1.99. The molecule has 0 spiro atoms. The van der Waals surface area contributed by atoms with E-state index >= 15 is 0 Å². The highest BCUT2D eigenvalue weighted by molar-refractivity contribution is 7.29. The van der Waals surface area contributed by atoms with E-state index in [0.29, 0.717) is 17.5 Å². The molecule has 0 aliphatic heterocycles. The van der Waals surface area contributed by atoms with Crippen LogP contribution < -0.4 is 0 Å². The van der Waals surface area contributed by atoms with E-state index in [4.69, 9.17) is 15.0 Å². The monoisotopic (exact) mass is 686 g/mol. The number of rotatable bonds is 4. The Morgan fingerprint density at radius 2 is 0.941 bits per heavy atom. The molecule has 0 N–H and O–H groups in total. The highest BCUT2D eigenvalue weighted by Crippen LogP contribution is 2.47. The fourth-order valence-electron chi connectivity index (χ4n) is 7.56. The minimum atomic E-state index is 0.667. The van der Waals surface area contributed by atoms with Crippen molar-refractivity contribution >= 4 is 84.8 Å². The van der Waals surface area contributed by atoms with E-state index in [1.54, 1.807) is 0 Å². The largest absolute Gasteiger partial charge is 0.309 e. The normalized spacial score (nSPS) is 11.9. The lowest BCUT2D eigenvalue weighted by molar-refractivity contribution is 1.07. The van der Waals surface area contributed by atoms with E-state index in [-0.39, 0.29) is 0 Å². The van der Waals surface area contributed by atoms with E-state index < -0.39 is 0 Å². The summed E-state index contributed by atoms with van der Waals surface area (Å²) in [5, 5.41) is 7.69. The molecule has 0 bridgehead atoms. The predicted molar refractivity (Wildman–Crippen MR) is 216 cm³/mol. The second-order valence-electron chi connectivity index (χ2n) is 12.8. The van der Waals surface area contributed by atoms with Crippen molar-refractivity contribution < 1.29 is 0 Å². The summed E-state index contributed by atoms with van der Waals surface area (Å²) in [6.45, 7) is 0. The third-order valence-corrected chi connectivity index (χ3v) is 12.2. The molecule has 0 fully saturated rings. The Morgan fingerprint density at radius 3 is 1.61 bits per heavy atom. The third kappa shape index (κ3) is 4.40. The van der Waals surface area contributed by atoms with Gasteiger partial charge in [0.1, 0.15) is 0 Å². The van der Waals surface area contributed by atoms with Crippen LogP contribution in [0.4, 0.5) is 0 Å². The van der Waals surface area contributed by atoms with Gasteiger partial charge in [-0.15, -0.1) is 22.7 Å². The van der Waals surface area contributed by atoms with Crippen LogP contribution in [0.1, 0.15) is 0 Å². The van der Waals surface area contributed by atoms with Crippen LogP contribution in [0.5, 0.6) is 0 Å². The summed E-state index contributed by atoms with van der Waals surface area (Å²) in [5.74, 6) is 2.00. The molecular formula is C45H26N4S2. The number of hydrogen-bond donors (Lipinski definition) is 0. The van der Waals surface area contributed by atoms with Crippen LogP contribution in [0.3, 0.4) is 0 Å². The molecule has 0 aliphatic rings. The molecule has 4 heterocycles. The molecule has 6 heteroatoms. The lowest BCUT2D eigenvalue weighted by Gasteiger charge is -2.10. The number of aromatic nitrogens is 4. The minimum Gasteiger partial charge on any atom is -0.309 e. The number of hydrogen-bond acceptors (Lipinski definition) is 5. The number of fused-ring (bicyclic) bond motifs is 10. The average molecular weight is 687 g/mol. The number of nitrogens with zero attached hydrogens (tertiary/aromatic N) is 4. The van der Waals surface area contributed by atoms with Gasteiger partial charge in [0, 0.05) is 67.8 Å². The van der Waals surface area contributed by atoms with Crippen LogP contribution >= 0.6 is 22.7 Å². The molecule has 238 valence electrons. The number of thiophene rings is 2. The topological polar surface area (TPSA) is 43.6 Å². The molecule has 0 unspecified atom stereocenters. The summed E-state index contributed by atoms with van der Waals surface area (Å²) in [7, 11) is 0. The Labute approximate surface area is 300 Å². The summed E-state index contributed by atoms with van der Waals surface area (Å²) in [6.07, 6.45) is 0. The first-order valence-electron chi connectivity index (χ1n) is 16.9. The maximum absolute atomic E-state index is 5.01. The molecular weight excluding hydrogens is 661 g/mol. The molecule has 11 aromatic rings. The van der Waals surface area contributed by atoms with Gasteiger partial charge in [0.25, 0.3) is 0 Å². The molecule has 7 aromatic carbocycles. The van der Waals surface area contributed by atoms with E-state index in [9.17, 15) is 0 Å². The van der Waals surface area contributed by atoms with E-state index in [2.05, 4.69) is 102 Å². The van der Waals surface area contributed by atoms with Crippen molar-refractivity contribution in [1.82, 2.24) is 19.5 Å². The van der Waals surface area contributed by atoms with Gasteiger partial charge in [0.05, 0.1) is 16.7 Å². The fourth-order valence-corrected chi connectivity index (χ4v) is 10.1. The molecule has 0 amide bonds. The second kappa shape index (κ2) is 11.2. The van der Waals surface area contributed by atoms with Crippen molar-refractivity contribution in [1.29, 1.82) is 0 Å². The van der Waals surface area contributed by atoms with E-state index in [1.807, 2.05) is 83.3 Å². The molecule has 0 saturated carbocycles. The quantitative estimate of drug-likeness (QED) is 0.185. The van der Waals surface area contributed by atoms with Crippen LogP contribution in [0, 0.1) is 0 Å². The smallest absolute Gasteiger partial charge is 0.164 e. The van der Waals surface area contributed by atoms with E-state index in [1.165, 1.54) is 67.8 Å². The summed E-state index contributed by atoms with van der Waals surface area (Å²) in [4.78, 5) is 14.9. The summed E-state index contributed by atoms with van der Waals surface area (Å²) in [6, 6.07) is 55.8. The van der Waals surface area contributed by atoms with Crippen molar-refractivity contribution in [2.75, 3.05) is 0 Å². The highest BCUT2D eigenvalue weighted by atomic mass is 32.1. The first-order valence-corrected chi connectivity index (χ1v) is 18.6. The van der Waals surface area contributed by atoms with Crippen LogP contribution in [0.2, 0.25) is 0 Å². The Morgan fingerprint density at radius 1 is 0.373 bits per heavy atom. The lowest BCUT2D eigenvalue weighted by atomic mass is 10.1. The Bertz CT molecular complexity index is 3030. The molecule has 4 aromatic heterocycles. The summed E-state index contributed by atoms with van der Waals surface area (Å²) < 4.78 is 7.58. The van der Waals surface area contributed by atoms with Crippen molar-refractivity contribution in [3.8, 4) is 39.9 Å². The van der Waals surface area contributed by atoms with Gasteiger partial charge in [0.2, 0.25) is 0 Å². The average Bonchev–Trinajstić information content (AvgIpc) is 3.87. The van der Waals surface area contributed by atoms with Gasteiger partial charge in [-0.3, -0.25) is 0 Å². The Kier molecular flexibility index (Phi) is 6.26. The van der Waals surface area contributed by atoms with Crippen molar-refractivity contribution in [2.24, 2.45) is 0 Å². The van der Waals surface area contributed by atoms with Gasteiger partial charge in [-0.25, -0.2) is 15.0 Å². The fraction of sp³-hybridized carbons (Fsp3) is 0. The zero-order chi connectivity index (χ0) is 33.5. The molecule has 51 heavy (non-hydrogen) atoms. The van der Waals surface area contributed by atoms with Crippen LogP contribution in [-0.2, 0) is 0 Å². The summed E-state index contributed by atoms with van der Waals surface area (Å²) >= 11 is 3.73. The number of para-hydroxylation sites is 2. The highest BCUT2D eigenvalue weighted by Gasteiger charge is 2.20. The van der Waals surface area contributed by atoms with Gasteiger partial charge < -0.3 is 4.57 Å². The first-order chi connectivity index (χ1) is 25.3. The molecule has 4 nitrogen and oxygen atoms in total. The van der Waals surface area contributed by atoms with Gasteiger partial charge >= 0.3 is 0 Å². The SMILES string of the molecule is c1ccc(-c2nc(-c3ccccc3)nc(-c3ccc4c(c3)sc3c4ccc4sc5cccc(-n6c7ccccc7c7ccccc76)c5c43)n2)cc1. The van der Waals surface area contributed by atoms with Crippen LogP contribution in [0.15, 0.2) is 158 Å². The van der Waals surface area contributed by atoms with Gasteiger partial charge in [-0.1, -0.05) is 121 Å². The molecule has 11 rings (SSSR count). The standard InChI is InChI=1S/C45H26N4S2/c1-3-12-27(13-4-1)43-46-44(28-14-5-2-6-15-28)48-45(47-43)29-22-23-32-33-24-25-38-41(42(33)51-39(32)26-29)40-36(20-11-21-37(40)50-38)49-34-18-9-7-16-30(34)31-17-8-10-19-35(31)49/h1-26H. The van der Waals surface area contributed by atoms with Crippen LogP contribution in [0.25, 0.3) is 102 Å². The van der Waals surface area contributed by atoms with Gasteiger partial charge in [-0.05, 0) is 36.4 Å². The zero-order valence-electron chi connectivity index (χ0n) is 27.1. The predicted octanol–water partition coefficient (Wildman–Crippen LogP) is 12.7. The van der Waals surface area contributed by atoms with Crippen molar-refractivity contribution in [2.45, 2.75) is 0 Å². The molecule has 0 saturated heterocycles. The van der Waals surface area contributed by atoms with Crippen molar-refractivity contribution in [3.05, 3.63) is 158 Å². The van der Waals surface area contributed by atoms with Gasteiger partial charge in [-0.2, -0.15) is 0 Å². The molecule has 0 atom stereocenters. The second-order valence-corrected chi connectivity index (χ2v) is 14.9. The molecule has 0 aliphatic carbocycles. The first kappa shape index (κ1) is 28.6. The maximum Gasteiger partial charge on any atom is 0.164 e. The number of benzene rings is 7. The summed E-state index contributed by atoms with van der Waals surface area (Å²) in [5.41, 5.74) is 6.57. The third-order valence-electron chi connectivity index (χ3n) is 9.86. The van der Waals surface area contributed by atoms with E-state index in [0.717, 1.165) is 16.7 Å².